The molecule has 1 atom stereocenters. The summed E-state index contributed by atoms with van der Waals surface area (Å²) in [7, 11) is -1.36. The van der Waals surface area contributed by atoms with E-state index in [1.807, 2.05) is 0 Å². The number of nitrogens with one attached hydrogen (secondary N) is 2. The SMILES string of the molecule is COc1ccc(S(=O)(=O)NCC(=O)Nc2ccc(Cl)cc2C(O)c2c(F)cccc2F)cc1OC. The summed E-state index contributed by atoms with van der Waals surface area (Å²) >= 11 is 5.98. The molecule has 0 aliphatic heterocycles. The van der Waals surface area contributed by atoms with Crippen molar-refractivity contribution < 1.29 is 36.6 Å². The first kappa shape index (κ1) is 26.4. The van der Waals surface area contributed by atoms with Gasteiger partial charge in [0, 0.05) is 22.3 Å². The smallest absolute Gasteiger partial charge is 0.241 e. The molecule has 3 aromatic carbocycles. The second-order valence-corrected chi connectivity index (χ2v) is 9.36. The maximum atomic E-state index is 14.2. The van der Waals surface area contributed by atoms with Gasteiger partial charge in [-0.25, -0.2) is 21.9 Å². The molecular formula is C23H21ClF2N2O6S. The highest BCUT2D eigenvalue weighted by molar-refractivity contribution is 7.89. The molecule has 186 valence electrons. The van der Waals surface area contributed by atoms with E-state index in [2.05, 4.69) is 10.0 Å². The summed E-state index contributed by atoms with van der Waals surface area (Å²) in [4.78, 5) is 12.3. The highest BCUT2D eigenvalue weighted by atomic mass is 35.5. The van der Waals surface area contributed by atoms with E-state index < -0.39 is 45.8 Å². The van der Waals surface area contributed by atoms with Gasteiger partial charge < -0.3 is 19.9 Å². The highest BCUT2D eigenvalue weighted by Gasteiger charge is 2.24. The number of aliphatic hydroxyl groups excluding tert-OH is 1. The molecule has 3 aromatic rings. The predicted octanol–water partition coefficient (Wildman–Crippen LogP) is 3.63. The van der Waals surface area contributed by atoms with E-state index in [1.54, 1.807) is 0 Å². The summed E-state index contributed by atoms with van der Waals surface area (Å²) in [6.07, 6.45) is -1.80. The first-order valence-corrected chi connectivity index (χ1v) is 11.9. The number of hydrogen-bond donors (Lipinski definition) is 3. The van der Waals surface area contributed by atoms with Gasteiger partial charge in [-0.1, -0.05) is 17.7 Å². The molecule has 0 aliphatic carbocycles. The molecule has 0 radical (unpaired) electrons. The van der Waals surface area contributed by atoms with Crippen LogP contribution in [-0.2, 0) is 14.8 Å². The molecule has 3 N–H and O–H groups in total. The van der Waals surface area contributed by atoms with Crippen LogP contribution < -0.4 is 19.5 Å². The van der Waals surface area contributed by atoms with E-state index in [0.717, 1.165) is 18.2 Å². The Morgan fingerprint density at radius 3 is 2.31 bits per heavy atom. The Hall–Kier alpha value is -3.25. The fourth-order valence-electron chi connectivity index (χ4n) is 3.22. The van der Waals surface area contributed by atoms with Gasteiger partial charge in [0.25, 0.3) is 0 Å². The lowest BCUT2D eigenvalue weighted by Crippen LogP contribution is -2.33. The Bertz CT molecular complexity index is 1330. The third kappa shape index (κ3) is 6.06. The summed E-state index contributed by atoms with van der Waals surface area (Å²) in [6.45, 7) is -0.678. The highest BCUT2D eigenvalue weighted by Crippen LogP contribution is 2.33. The average molecular weight is 527 g/mol. The molecule has 1 unspecified atom stereocenters. The van der Waals surface area contributed by atoms with Crippen LogP contribution in [-0.4, -0.2) is 40.2 Å². The number of amides is 1. The summed E-state index contributed by atoms with van der Waals surface area (Å²) < 4.78 is 65.9. The van der Waals surface area contributed by atoms with Gasteiger partial charge >= 0.3 is 0 Å². The second kappa shape index (κ2) is 11.0. The van der Waals surface area contributed by atoms with Crippen LogP contribution in [0.4, 0.5) is 14.5 Å². The monoisotopic (exact) mass is 526 g/mol. The first-order chi connectivity index (χ1) is 16.6. The number of benzene rings is 3. The Kier molecular flexibility index (Phi) is 8.28. The molecule has 0 bridgehead atoms. The minimum atomic E-state index is -4.11. The molecule has 8 nitrogen and oxygen atoms in total. The van der Waals surface area contributed by atoms with Gasteiger partial charge in [0.05, 0.1) is 31.2 Å². The van der Waals surface area contributed by atoms with Crippen molar-refractivity contribution in [2.45, 2.75) is 11.0 Å². The third-order valence-electron chi connectivity index (χ3n) is 4.94. The summed E-state index contributed by atoms with van der Waals surface area (Å²) in [5.41, 5.74) is -0.725. The normalized spacial score (nSPS) is 12.2. The average Bonchev–Trinajstić information content (AvgIpc) is 2.83. The van der Waals surface area contributed by atoms with Crippen molar-refractivity contribution in [2.75, 3.05) is 26.1 Å². The number of carbonyl (C=O) groups excluding carboxylic acids is 1. The molecule has 0 saturated carbocycles. The molecule has 1 amide bonds. The van der Waals surface area contributed by atoms with Crippen molar-refractivity contribution >= 4 is 33.2 Å². The van der Waals surface area contributed by atoms with E-state index in [0.29, 0.717) is 5.75 Å². The molecule has 0 spiro atoms. The maximum Gasteiger partial charge on any atom is 0.241 e. The Morgan fingerprint density at radius 2 is 1.69 bits per heavy atom. The van der Waals surface area contributed by atoms with E-state index in [-0.39, 0.29) is 26.9 Å². The third-order valence-corrected chi connectivity index (χ3v) is 6.58. The van der Waals surface area contributed by atoms with Gasteiger partial charge in [0.1, 0.15) is 17.7 Å². The van der Waals surface area contributed by atoms with Gasteiger partial charge in [0.2, 0.25) is 15.9 Å². The van der Waals surface area contributed by atoms with Crippen molar-refractivity contribution in [2.24, 2.45) is 0 Å². The number of carbonyl (C=O) groups is 1. The van der Waals surface area contributed by atoms with Gasteiger partial charge in [0.15, 0.2) is 11.5 Å². The topological polar surface area (TPSA) is 114 Å². The van der Waals surface area contributed by atoms with Gasteiger partial charge in [-0.05, 0) is 42.5 Å². The number of aliphatic hydroxyl groups is 1. The standard InChI is InChI=1S/C23H21ClF2N2O6S/c1-33-19-9-7-14(11-20(19)34-2)35(31,32)27-12-21(29)28-18-8-6-13(24)10-15(18)23(30)22-16(25)4-3-5-17(22)26/h3-11,23,27,30H,12H2,1-2H3,(H,28,29). The summed E-state index contributed by atoms with van der Waals surface area (Å²) in [5, 5.41) is 13.2. The fourth-order valence-corrected chi connectivity index (χ4v) is 4.40. The van der Waals surface area contributed by atoms with Crippen LogP contribution in [0.2, 0.25) is 5.02 Å². The zero-order valence-electron chi connectivity index (χ0n) is 18.5. The molecule has 0 heterocycles. The van der Waals surface area contributed by atoms with Crippen LogP contribution >= 0.6 is 11.6 Å². The lowest BCUT2D eigenvalue weighted by atomic mass is 9.98. The number of hydrogen-bond acceptors (Lipinski definition) is 6. The van der Waals surface area contributed by atoms with Gasteiger partial charge in [-0.2, -0.15) is 0 Å². The lowest BCUT2D eigenvalue weighted by molar-refractivity contribution is -0.115. The van der Waals surface area contributed by atoms with E-state index >= 15 is 0 Å². The van der Waals surface area contributed by atoms with Crippen molar-refractivity contribution in [3.63, 3.8) is 0 Å². The quantitative estimate of drug-likeness (QED) is 0.392. The molecule has 0 aliphatic rings. The predicted molar refractivity (Wildman–Crippen MR) is 125 cm³/mol. The molecule has 0 aromatic heterocycles. The Balaban J connectivity index is 1.79. The van der Waals surface area contributed by atoms with Crippen LogP contribution in [0.3, 0.4) is 0 Å². The zero-order valence-corrected chi connectivity index (χ0v) is 20.1. The Labute approximate surface area is 205 Å². The van der Waals surface area contributed by atoms with E-state index in [4.69, 9.17) is 21.1 Å². The first-order valence-electron chi connectivity index (χ1n) is 10.0. The largest absolute Gasteiger partial charge is 0.493 e. The van der Waals surface area contributed by atoms with Crippen LogP contribution in [0.1, 0.15) is 17.2 Å². The van der Waals surface area contributed by atoms with Crippen LogP contribution in [0.5, 0.6) is 11.5 Å². The lowest BCUT2D eigenvalue weighted by Gasteiger charge is -2.18. The molecule has 12 heteroatoms. The molecular weight excluding hydrogens is 506 g/mol. The molecule has 3 rings (SSSR count). The van der Waals surface area contributed by atoms with Crippen molar-refractivity contribution in [1.82, 2.24) is 4.72 Å². The van der Waals surface area contributed by atoms with E-state index in [1.165, 1.54) is 50.6 Å². The molecule has 35 heavy (non-hydrogen) atoms. The van der Waals surface area contributed by atoms with E-state index in [9.17, 15) is 27.1 Å². The van der Waals surface area contributed by atoms with Crippen molar-refractivity contribution in [3.05, 3.63) is 82.4 Å². The summed E-state index contributed by atoms with van der Waals surface area (Å²) in [5.74, 6) is -2.28. The van der Waals surface area contributed by atoms with Crippen molar-refractivity contribution in [3.8, 4) is 11.5 Å². The number of methoxy groups -OCH3 is 2. The Morgan fingerprint density at radius 1 is 1.03 bits per heavy atom. The van der Waals surface area contributed by atoms with Crippen LogP contribution in [0, 0.1) is 11.6 Å². The second-order valence-electron chi connectivity index (χ2n) is 7.16. The number of rotatable bonds is 9. The van der Waals surface area contributed by atoms with Crippen LogP contribution in [0.15, 0.2) is 59.5 Å². The number of sulfonamides is 1. The molecule has 0 fully saturated rings. The minimum absolute atomic E-state index is 0.0140. The number of ether oxygens (including phenoxy) is 2. The fraction of sp³-hybridized carbons (Fsp3) is 0.174. The summed E-state index contributed by atoms with van der Waals surface area (Å²) in [6, 6.07) is 11.0. The van der Waals surface area contributed by atoms with Gasteiger partial charge in [-0.15, -0.1) is 0 Å². The van der Waals surface area contributed by atoms with Gasteiger partial charge in [-0.3, -0.25) is 4.79 Å². The zero-order chi connectivity index (χ0) is 25.8. The maximum absolute atomic E-state index is 14.2. The molecule has 0 saturated heterocycles. The minimum Gasteiger partial charge on any atom is -0.493 e. The number of anilines is 1. The van der Waals surface area contributed by atoms with Crippen molar-refractivity contribution in [1.29, 1.82) is 0 Å². The van der Waals surface area contributed by atoms with Crippen LogP contribution in [0.25, 0.3) is 0 Å². The number of halogens is 3.